The minimum Gasteiger partial charge on any atom is -0.396 e. The van der Waals surface area contributed by atoms with Gasteiger partial charge in [0.15, 0.2) is 0 Å². The molecule has 86 valence electrons. The molecule has 0 spiro atoms. The maximum absolute atomic E-state index is 8.75. The first kappa shape index (κ1) is 12.7. The molecule has 0 bridgehead atoms. The molecule has 1 heterocycles. The zero-order valence-electron chi connectivity index (χ0n) is 9.57. The molecule has 1 aromatic rings. The highest BCUT2D eigenvalue weighted by atomic mass is 32.1. The van der Waals surface area contributed by atoms with Gasteiger partial charge in [-0.25, -0.2) is 0 Å². The summed E-state index contributed by atoms with van der Waals surface area (Å²) in [6.07, 6.45) is 1.99. The highest BCUT2D eigenvalue weighted by Crippen LogP contribution is 2.24. The van der Waals surface area contributed by atoms with Crippen LogP contribution in [0.25, 0.3) is 0 Å². The number of rotatable bonds is 7. The summed E-state index contributed by atoms with van der Waals surface area (Å²) < 4.78 is 0. The Morgan fingerprint density at radius 3 is 2.80 bits per heavy atom. The Balaban J connectivity index is 2.46. The van der Waals surface area contributed by atoms with E-state index in [2.05, 4.69) is 36.7 Å². The Bertz CT molecular complexity index is 246. The summed E-state index contributed by atoms with van der Waals surface area (Å²) in [7, 11) is 0. The van der Waals surface area contributed by atoms with E-state index in [1.165, 1.54) is 4.88 Å². The van der Waals surface area contributed by atoms with E-state index in [-0.39, 0.29) is 6.61 Å². The SMILES string of the molecule is CC(C)CC(NCCCO)c1cccs1. The molecular weight excluding hydrogens is 206 g/mol. The summed E-state index contributed by atoms with van der Waals surface area (Å²) in [6.45, 7) is 5.65. The Morgan fingerprint density at radius 1 is 1.47 bits per heavy atom. The van der Waals surface area contributed by atoms with Crippen molar-refractivity contribution in [1.82, 2.24) is 5.32 Å². The van der Waals surface area contributed by atoms with Crippen molar-refractivity contribution >= 4 is 11.3 Å². The van der Waals surface area contributed by atoms with Gasteiger partial charge in [0.25, 0.3) is 0 Å². The second-order valence-corrected chi connectivity index (χ2v) is 5.21. The van der Waals surface area contributed by atoms with E-state index < -0.39 is 0 Å². The number of nitrogens with one attached hydrogen (secondary N) is 1. The van der Waals surface area contributed by atoms with Crippen LogP contribution >= 0.6 is 11.3 Å². The van der Waals surface area contributed by atoms with Crippen molar-refractivity contribution in [3.8, 4) is 0 Å². The molecule has 0 radical (unpaired) electrons. The van der Waals surface area contributed by atoms with Crippen LogP contribution in [0.5, 0.6) is 0 Å². The molecule has 0 saturated carbocycles. The van der Waals surface area contributed by atoms with E-state index in [1.807, 2.05) is 0 Å². The summed E-state index contributed by atoms with van der Waals surface area (Å²) in [6, 6.07) is 4.74. The van der Waals surface area contributed by atoms with Gasteiger partial charge >= 0.3 is 0 Å². The fourth-order valence-electron chi connectivity index (χ4n) is 1.62. The molecule has 15 heavy (non-hydrogen) atoms. The minimum atomic E-state index is 0.270. The van der Waals surface area contributed by atoms with Crippen LogP contribution in [-0.4, -0.2) is 18.3 Å². The number of hydrogen-bond donors (Lipinski definition) is 2. The third-order valence-electron chi connectivity index (χ3n) is 2.32. The molecule has 1 aromatic heterocycles. The average molecular weight is 227 g/mol. The van der Waals surface area contributed by atoms with Gasteiger partial charge in [0.2, 0.25) is 0 Å². The quantitative estimate of drug-likeness (QED) is 0.702. The predicted octanol–water partition coefficient (Wildman–Crippen LogP) is 2.81. The molecule has 1 atom stereocenters. The first-order valence-corrected chi connectivity index (χ1v) is 6.49. The number of thiophene rings is 1. The number of hydrogen-bond acceptors (Lipinski definition) is 3. The van der Waals surface area contributed by atoms with E-state index in [0.717, 1.165) is 19.4 Å². The Hall–Kier alpha value is -0.380. The van der Waals surface area contributed by atoms with Crippen LogP contribution in [0.4, 0.5) is 0 Å². The van der Waals surface area contributed by atoms with Crippen molar-refractivity contribution in [3.05, 3.63) is 22.4 Å². The van der Waals surface area contributed by atoms with Gasteiger partial charge in [-0.2, -0.15) is 0 Å². The summed E-state index contributed by atoms with van der Waals surface area (Å²) in [5.74, 6) is 0.693. The topological polar surface area (TPSA) is 32.3 Å². The van der Waals surface area contributed by atoms with Crippen LogP contribution in [0.3, 0.4) is 0 Å². The molecule has 0 aliphatic rings. The standard InChI is InChI=1S/C12H21NOS/c1-10(2)9-11(13-6-4-7-14)12-5-3-8-15-12/h3,5,8,10-11,13-14H,4,6-7,9H2,1-2H3. The third kappa shape index (κ3) is 4.78. The van der Waals surface area contributed by atoms with Crippen LogP contribution in [0, 0.1) is 5.92 Å². The largest absolute Gasteiger partial charge is 0.396 e. The summed E-state index contributed by atoms with van der Waals surface area (Å²) in [5.41, 5.74) is 0. The molecule has 0 fully saturated rings. The fraction of sp³-hybridized carbons (Fsp3) is 0.667. The van der Waals surface area contributed by atoms with Gasteiger partial charge in [-0.15, -0.1) is 11.3 Å². The maximum atomic E-state index is 8.75. The van der Waals surface area contributed by atoms with Crippen molar-refractivity contribution in [2.24, 2.45) is 5.92 Å². The van der Waals surface area contributed by atoms with Crippen molar-refractivity contribution in [2.75, 3.05) is 13.2 Å². The minimum absolute atomic E-state index is 0.270. The van der Waals surface area contributed by atoms with E-state index in [9.17, 15) is 0 Å². The number of aliphatic hydroxyl groups excluding tert-OH is 1. The molecule has 0 saturated heterocycles. The maximum Gasteiger partial charge on any atom is 0.0443 e. The molecule has 3 heteroatoms. The zero-order valence-corrected chi connectivity index (χ0v) is 10.4. The molecule has 0 aliphatic carbocycles. The van der Waals surface area contributed by atoms with Crippen LogP contribution in [0.1, 0.15) is 37.6 Å². The monoisotopic (exact) mass is 227 g/mol. The highest BCUT2D eigenvalue weighted by molar-refractivity contribution is 7.10. The smallest absolute Gasteiger partial charge is 0.0443 e. The Kier molecular flexibility index (Phi) is 5.91. The van der Waals surface area contributed by atoms with Crippen LogP contribution in [-0.2, 0) is 0 Å². The molecular formula is C12H21NOS. The van der Waals surface area contributed by atoms with Crippen LogP contribution in [0.2, 0.25) is 0 Å². The van der Waals surface area contributed by atoms with Gasteiger partial charge in [-0.1, -0.05) is 19.9 Å². The van der Waals surface area contributed by atoms with Crippen LogP contribution in [0.15, 0.2) is 17.5 Å². The lowest BCUT2D eigenvalue weighted by Gasteiger charge is -2.19. The van der Waals surface area contributed by atoms with E-state index in [4.69, 9.17) is 5.11 Å². The average Bonchev–Trinajstić information content (AvgIpc) is 2.68. The van der Waals surface area contributed by atoms with E-state index in [0.29, 0.717) is 12.0 Å². The van der Waals surface area contributed by atoms with Gasteiger partial charge in [0, 0.05) is 17.5 Å². The molecule has 0 aromatic carbocycles. The highest BCUT2D eigenvalue weighted by Gasteiger charge is 2.13. The lowest BCUT2D eigenvalue weighted by atomic mass is 10.0. The van der Waals surface area contributed by atoms with Gasteiger partial charge in [0.05, 0.1) is 0 Å². The van der Waals surface area contributed by atoms with Crippen molar-refractivity contribution in [3.63, 3.8) is 0 Å². The van der Waals surface area contributed by atoms with Crippen molar-refractivity contribution < 1.29 is 5.11 Å². The Labute approximate surface area is 96.3 Å². The molecule has 0 aliphatic heterocycles. The summed E-state index contributed by atoms with van der Waals surface area (Å²) in [4.78, 5) is 1.40. The Morgan fingerprint density at radius 2 is 2.27 bits per heavy atom. The van der Waals surface area contributed by atoms with Gasteiger partial charge in [0.1, 0.15) is 0 Å². The molecule has 2 nitrogen and oxygen atoms in total. The summed E-state index contributed by atoms with van der Waals surface area (Å²) in [5, 5.41) is 14.4. The first-order valence-electron chi connectivity index (χ1n) is 5.61. The van der Waals surface area contributed by atoms with Crippen LogP contribution < -0.4 is 5.32 Å². The summed E-state index contributed by atoms with van der Waals surface area (Å²) >= 11 is 1.81. The van der Waals surface area contributed by atoms with Gasteiger partial charge in [-0.05, 0) is 36.8 Å². The molecule has 1 unspecified atom stereocenters. The first-order chi connectivity index (χ1) is 7.24. The van der Waals surface area contributed by atoms with Gasteiger partial charge in [-0.3, -0.25) is 0 Å². The second kappa shape index (κ2) is 6.99. The zero-order chi connectivity index (χ0) is 11.1. The van der Waals surface area contributed by atoms with Crippen molar-refractivity contribution in [2.45, 2.75) is 32.7 Å². The molecule has 0 amide bonds. The second-order valence-electron chi connectivity index (χ2n) is 4.23. The molecule has 1 rings (SSSR count). The third-order valence-corrected chi connectivity index (χ3v) is 3.31. The lowest BCUT2D eigenvalue weighted by Crippen LogP contribution is -2.23. The van der Waals surface area contributed by atoms with E-state index in [1.54, 1.807) is 11.3 Å². The fourth-order valence-corrected chi connectivity index (χ4v) is 2.43. The number of aliphatic hydroxyl groups is 1. The van der Waals surface area contributed by atoms with Gasteiger partial charge < -0.3 is 10.4 Å². The van der Waals surface area contributed by atoms with Crippen molar-refractivity contribution in [1.29, 1.82) is 0 Å². The predicted molar refractivity (Wildman–Crippen MR) is 66.2 cm³/mol. The normalized spacial score (nSPS) is 13.3. The lowest BCUT2D eigenvalue weighted by molar-refractivity contribution is 0.281. The van der Waals surface area contributed by atoms with E-state index >= 15 is 0 Å². The molecule has 2 N–H and O–H groups in total.